The van der Waals surface area contributed by atoms with E-state index in [1.165, 1.54) is 24.0 Å². The van der Waals surface area contributed by atoms with Crippen LogP contribution in [0.15, 0.2) is 53.4 Å². The van der Waals surface area contributed by atoms with Gasteiger partial charge in [0.15, 0.2) is 15.9 Å². The Labute approximate surface area is 159 Å². The molecule has 0 saturated heterocycles. The van der Waals surface area contributed by atoms with Gasteiger partial charge in [0.25, 0.3) is 5.91 Å². The second-order valence-electron chi connectivity index (χ2n) is 6.48. The van der Waals surface area contributed by atoms with Gasteiger partial charge in [-0.3, -0.25) is 4.79 Å². The number of esters is 1. The van der Waals surface area contributed by atoms with Crippen LogP contribution in [0.5, 0.6) is 0 Å². The molecule has 0 aliphatic heterocycles. The van der Waals surface area contributed by atoms with Crippen molar-refractivity contribution in [3.05, 3.63) is 65.2 Å². The molecule has 7 heteroatoms. The maximum Gasteiger partial charge on any atom is 0.339 e. The quantitative estimate of drug-likeness (QED) is 0.710. The lowest BCUT2D eigenvalue weighted by molar-refractivity contribution is -0.139. The zero-order chi connectivity index (χ0) is 20.2. The van der Waals surface area contributed by atoms with E-state index in [0.29, 0.717) is 12.1 Å². The van der Waals surface area contributed by atoms with Gasteiger partial charge in [-0.1, -0.05) is 36.4 Å². The van der Waals surface area contributed by atoms with Gasteiger partial charge in [0, 0.05) is 19.8 Å². The number of benzene rings is 2. The SMILES string of the molecule is Cc1ccc(S(C)(=O)=O)cc1C(=O)O[C@H](C)C(=O)N(C)Cc1ccccc1. The van der Waals surface area contributed by atoms with Crippen molar-refractivity contribution >= 4 is 21.7 Å². The average Bonchev–Trinajstić information content (AvgIpc) is 2.61. The molecular formula is C20H23NO5S. The zero-order valence-electron chi connectivity index (χ0n) is 15.8. The molecular weight excluding hydrogens is 366 g/mol. The molecule has 2 rings (SSSR count). The summed E-state index contributed by atoms with van der Waals surface area (Å²) in [7, 11) is -1.82. The first-order valence-corrected chi connectivity index (χ1v) is 10.3. The highest BCUT2D eigenvalue weighted by Crippen LogP contribution is 2.17. The molecule has 0 radical (unpaired) electrons. The molecule has 0 aliphatic rings. The first kappa shape index (κ1) is 20.6. The molecule has 0 fully saturated rings. The van der Waals surface area contributed by atoms with E-state index in [0.717, 1.165) is 11.8 Å². The molecule has 27 heavy (non-hydrogen) atoms. The van der Waals surface area contributed by atoms with Crippen molar-refractivity contribution in [2.75, 3.05) is 13.3 Å². The summed E-state index contributed by atoms with van der Waals surface area (Å²) < 4.78 is 28.7. The Morgan fingerprint density at radius 2 is 1.74 bits per heavy atom. The van der Waals surface area contributed by atoms with Crippen LogP contribution in [0, 0.1) is 6.92 Å². The summed E-state index contributed by atoms with van der Waals surface area (Å²) in [5.74, 6) is -1.07. The van der Waals surface area contributed by atoms with E-state index < -0.39 is 21.9 Å². The summed E-state index contributed by atoms with van der Waals surface area (Å²) >= 11 is 0. The van der Waals surface area contributed by atoms with Gasteiger partial charge in [-0.05, 0) is 37.1 Å². The van der Waals surface area contributed by atoms with Gasteiger partial charge >= 0.3 is 5.97 Å². The Bertz CT molecular complexity index is 938. The number of amides is 1. The third-order valence-corrected chi connectivity index (χ3v) is 5.24. The number of carbonyl (C=O) groups is 2. The number of ether oxygens (including phenoxy) is 1. The Morgan fingerprint density at radius 3 is 2.33 bits per heavy atom. The second kappa shape index (κ2) is 8.35. The lowest BCUT2D eigenvalue weighted by atomic mass is 10.1. The Kier molecular flexibility index (Phi) is 6.38. The molecule has 0 spiro atoms. The molecule has 0 aliphatic carbocycles. The summed E-state index contributed by atoms with van der Waals surface area (Å²) in [4.78, 5) is 26.4. The predicted molar refractivity (Wildman–Crippen MR) is 102 cm³/mol. The second-order valence-corrected chi connectivity index (χ2v) is 8.49. The van der Waals surface area contributed by atoms with Crippen molar-refractivity contribution in [2.24, 2.45) is 0 Å². The molecule has 0 N–H and O–H groups in total. The Balaban J connectivity index is 2.09. The van der Waals surface area contributed by atoms with E-state index in [1.807, 2.05) is 30.3 Å². The van der Waals surface area contributed by atoms with Crippen LogP contribution >= 0.6 is 0 Å². The number of nitrogens with zero attached hydrogens (tertiary/aromatic N) is 1. The number of carbonyl (C=O) groups excluding carboxylic acids is 2. The van der Waals surface area contributed by atoms with E-state index in [2.05, 4.69) is 0 Å². The fourth-order valence-electron chi connectivity index (χ4n) is 2.57. The molecule has 1 atom stereocenters. The smallest absolute Gasteiger partial charge is 0.339 e. The van der Waals surface area contributed by atoms with Crippen molar-refractivity contribution in [2.45, 2.75) is 31.4 Å². The molecule has 144 valence electrons. The number of likely N-dealkylation sites (N-methyl/N-ethyl adjacent to an activating group) is 1. The maximum absolute atomic E-state index is 12.5. The van der Waals surface area contributed by atoms with Crippen LogP contribution in [-0.2, 0) is 25.9 Å². The summed E-state index contributed by atoms with van der Waals surface area (Å²) in [5.41, 5.74) is 1.66. The van der Waals surface area contributed by atoms with Gasteiger partial charge in [-0.25, -0.2) is 13.2 Å². The van der Waals surface area contributed by atoms with Crippen LogP contribution in [0.3, 0.4) is 0 Å². The monoisotopic (exact) mass is 389 g/mol. The summed E-state index contributed by atoms with van der Waals surface area (Å²) in [6.07, 6.45) is 0.0739. The van der Waals surface area contributed by atoms with Gasteiger partial charge < -0.3 is 9.64 Å². The van der Waals surface area contributed by atoms with Gasteiger partial charge in [0.2, 0.25) is 0 Å². The topological polar surface area (TPSA) is 80.7 Å². The molecule has 0 bridgehead atoms. The number of rotatable bonds is 6. The van der Waals surface area contributed by atoms with Crippen LogP contribution < -0.4 is 0 Å². The van der Waals surface area contributed by atoms with Gasteiger partial charge in [0.05, 0.1) is 10.5 Å². The van der Waals surface area contributed by atoms with Crippen molar-refractivity contribution in [1.82, 2.24) is 4.90 Å². The van der Waals surface area contributed by atoms with E-state index >= 15 is 0 Å². The zero-order valence-corrected chi connectivity index (χ0v) is 16.6. The molecule has 2 aromatic rings. The molecule has 0 heterocycles. The van der Waals surface area contributed by atoms with Crippen LogP contribution in [0.2, 0.25) is 0 Å². The minimum Gasteiger partial charge on any atom is -0.449 e. The summed E-state index contributed by atoms with van der Waals surface area (Å²) in [6.45, 7) is 3.57. The van der Waals surface area contributed by atoms with Gasteiger partial charge in [-0.15, -0.1) is 0 Å². The number of aryl methyl sites for hydroxylation is 1. The Hall–Kier alpha value is -2.67. The summed E-state index contributed by atoms with van der Waals surface area (Å²) in [5, 5.41) is 0. The first-order valence-electron chi connectivity index (χ1n) is 8.40. The van der Waals surface area contributed by atoms with Crippen LogP contribution in [-0.4, -0.2) is 44.6 Å². The standard InChI is InChI=1S/C20H23NO5S/c1-14-10-11-17(27(4,24)25)12-18(14)20(23)26-15(2)19(22)21(3)13-16-8-6-5-7-9-16/h5-12,15H,13H2,1-4H3/t15-/m1/s1. The molecule has 0 unspecified atom stereocenters. The van der Waals surface area contributed by atoms with Crippen LogP contribution in [0.1, 0.15) is 28.4 Å². The third-order valence-electron chi connectivity index (χ3n) is 4.13. The molecule has 0 aromatic heterocycles. The highest BCUT2D eigenvalue weighted by molar-refractivity contribution is 7.90. The van der Waals surface area contributed by atoms with E-state index in [9.17, 15) is 18.0 Å². The molecule has 2 aromatic carbocycles. The molecule has 6 nitrogen and oxygen atoms in total. The summed E-state index contributed by atoms with van der Waals surface area (Å²) in [6, 6.07) is 13.7. The minimum atomic E-state index is -3.45. The lowest BCUT2D eigenvalue weighted by Crippen LogP contribution is -2.37. The predicted octanol–water partition coefficient (Wildman–Crippen LogP) is 2.60. The fraction of sp³-hybridized carbons (Fsp3) is 0.300. The largest absolute Gasteiger partial charge is 0.449 e. The highest BCUT2D eigenvalue weighted by atomic mass is 32.2. The van der Waals surface area contributed by atoms with Gasteiger partial charge in [-0.2, -0.15) is 0 Å². The molecule has 1 amide bonds. The maximum atomic E-state index is 12.5. The minimum absolute atomic E-state index is 0.0280. The lowest BCUT2D eigenvalue weighted by Gasteiger charge is -2.22. The number of hydrogen-bond donors (Lipinski definition) is 0. The van der Waals surface area contributed by atoms with Crippen LogP contribution in [0.4, 0.5) is 0 Å². The first-order chi connectivity index (χ1) is 12.6. The number of hydrogen-bond acceptors (Lipinski definition) is 5. The van der Waals surface area contributed by atoms with E-state index in [-0.39, 0.29) is 16.4 Å². The normalized spacial score (nSPS) is 12.3. The van der Waals surface area contributed by atoms with Crippen molar-refractivity contribution in [3.63, 3.8) is 0 Å². The average molecular weight is 389 g/mol. The van der Waals surface area contributed by atoms with Gasteiger partial charge in [0.1, 0.15) is 0 Å². The van der Waals surface area contributed by atoms with E-state index in [4.69, 9.17) is 4.74 Å². The fourth-order valence-corrected chi connectivity index (χ4v) is 3.22. The third kappa shape index (κ3) is 5.40. The number of sulfone groups is 1. The van der Waals surface area contributed by atoms with Crippen LogP contribution in [0.25, 0.3) is 0 Å². The van der Waals surface area contributed by atoms with E-state index in [1.54, 1.807) is 20.0 Å². The molecule has 0 saturated carbocycles. The highest BCUT2D eigenvalue weighted by Gasteiger charge is 2.24. The Morgan fingerprint density at radius 1 is 1.11 bits per heavy atom. The van der Waals surface area contributed by atoms with Crippen molar-refractivity contribution in [1.29, 1.82) is 0 Å². The van der Waals surface area contributed by atoms with Crippen molar-refractivity contribution < 1.29 is 22.7 Å². The van der Waals surface area contributed by atoms with Crippen molar-refractivity contribution in [3.8, 4) is 0 Å².